The van der Waals surface area contributed by atoms with Crippen LogP contribution in [0, 0.1) is 11.8 Å². The molecule has 1 aromatic heterocycles. The molecule has 2 rings (SSSR count). The van der Waals surface area contributed by atoms with Crippen molar-refractivity contribution >= 4 is 5.97 Å². The lowest BCUT2D eigenvalue weighted by Crippen LogP contribution is -2.25. The summed E-state index contributed by atoms with van der Waals surface area (Å²) in [6.45, 7) is 3.38. The molecule has 1 aromatic rings. The van der Waals surface area contributed by atoms with Crippen LogP contribution in [0.2, 0.25) is 0 Å². The number of nitrogens with zero attached hydrogens (tertiary/aromatic N) is 2. The summed E-state index contributed by atoms with van der Waals surface area (Å²) in [5.41, 5.74) is 0.730. The number of carboxylic acid groups (broad SMARTS) is 1. The fourth-order valence-electron chi connectivity index (χ4n) is 1.97. The van der Waals surface area contributed by atoms with Gasteiger partial charge in [-0.05, 0) is 12.8 Å². The zero-order valence-electron chi connectivity index (χ0n) is 10.1. The number of carbonyl (C=O) groups is 1. The van der Waals surface area contributed by atoms with Crippen LogP contribution in [-0.2, 0) is 4.79 Å². The minimum atomic E-state index is -0.881. The first-order valence-corrected chi connectivity index (χ1v) is 5.95. The maximum atomic E-state index is 10.9. The van der Waals surface area contributed by atoms with Crippen LogP contribution in [0.5, 0.6) is 0 Å². The minimum Gasteiger partial charge on any atom is -0.481 e. The average Bonchev–Trinajstić information content (AvgIpc) is 3.04. The average molecular weight is 238 g/mol. The van der Waals surface area contributed by atoms with Gasteiger partial charge in [0.15, 0.2) is 0 Å². The van der Waals surface area contributed by atoms with E-state index < -0.39 is 18.0 Å². The number of aromatic nitrogens is 2. The van der Waals surface area contributed by atoms with Gasteiger partial charge in [0.1, 0.15) is 0 Å². The Balaban J connectivity index is 2.15. The van der Waals surface area contributed by atoms with E-state index in [0.717, 1.165) is 18.5 Å². The van der Waals surface area contributed by atoms with Crippen molar-refractivity contribution in [3.8, 4) is 0 Å². The Morgan fingerprint density at radius 3 is 2.71 bits per heavy atom. The van der Waals surface area contributed by atoms with Crippen molar-refractivity contribution in [3.63, 3.8) is 0 Å². The van der Waals surface area contributed by atoms with E-state index >= 15 is 0 Å². The van der Waals surface area contributed by atoms with Crippen LogP contribution in [0.4, 0.5) is 0 Å². The molecule has 1 fully saturated rings. The normalized spacial score (nSPS) is 20.9. The molecule has 0 spiro atoms. The second kappa shape index (κ2) is 4.49. The van der Waals surface area contributed by atoms with E-state index in [1.165, 1.54) is 0 Å². The first-order valence-electron chi connectivity index (χ1n) is 5.95. The summed E-state index contributed by atoms with van der Waals surface area (Å²) in [5.74, 6) is -1.79. The summed E-state index contributed by atoms with van der Waals surface area (Å²) in [4.78, 5) is 15.0. The van der Waals surface area contributed by atoms with Gasteiger partial charge in [0.25, 0.3) is 0 Å². The Labute approximate surface area is 100 Å². The van der Waals surface area contributed by atoms with Gasteiger partial charge >= 0.3 is 5.97 Å². The zero-order valence-corrected chi connectivity index (χ0v) is 10.1. The summed E-state index contributed by atoms with van der Waals surface area (Å²) in [6.07, 6.45) is 4.80. The van der Waals surface area contributed by atoms with Crippen molar-refractivity contribution in [3.05, 3.63) is 18.2 Å². The van der Waals surface area contributed by atoms with Crippen molar-refractivity contribution in [2.75, 3.05) is 0 Å². The van der Waals surface area contributed by atoms with Gasteiger partial charge in [-0.2, -0.15) is 0 Å². The Hall–Kier alpha value is -1.36. The molecule has 0 saturated heterocycles. The monoisotopic (exact) mass is 238 g/mol. The number of imidazole rings is 1. The Morgan fingerprint density at radius 1 is 1.53 bits per heavy atom. The number of carboxylic acids is 1. The molecule has 0 aliphatic heterocycles. The van der Waals surface area contributed by atoms with Crippen LogP contribution in [-0.4, -0.2) is 25.7 Å². The summed E-state index contributed by atoms with van der Waals surface area (Å²) >= 11 is 0. The molecule has 3 unspecified atom stereocenters. The highest BCUT2D eigenvalue weighted by Gasteiger charge is 2.32. The SMILES string of the molecule is CC(C(=O)O)C(C)C(O)c1cncn1C1CC1. The van der Waals surface area contributed by atoms with Crippen molar-refractivity contribution in [1.82, 2.24) is 9.55 Å². The first kappa shape index (κ1) is 12.1. The molecule has 3 atom stereocenters. The number of aliphatic hydroxyl groups is 1. The van der Waals surface area contributed by atoms with Gasteiger partial charge in [0.05, 0.1) is 30.2 Å². The largest absolute Gasteiger partial charge is 0.481 e. The molecule has 0 aromatic carbocycles. The predicted octanol–water partition coefficient (Wildman–Crippen LogP) is 1.61. The van der Waals surface area contributed by atoms with Crippen molar-refractivity contribution in [1.29, 1.82) is 0 Å². The lowest BCUT2D eigenvalue weighted by Gasteiger charge is -2.23. The number of hydrogen-bond acceptors (Lipinski definition) is 3. The fourth-order valence-corrected chi connectivity index (χ4v) is 1.97. The van der Waals surface area contributed by atoms with E-state index in [0.29, 0.717) is 6.04 Å². The molecule has 1 saturated carbocycles. The number of hydrogen-bond donors (Lipinski definition) is 2. The maximum absolute atomic E-state index is 10.9. The van der Waals surface area contributed by atoms with Gasteiger partial charge in [-0.25, -0.2) is 4.98 Å². The van der Waals surface area contributed by atoms with Crippen LogP contribution in [0.3, 0.4) is 0 Å². The lowest BCUT2D eigenvalue weighted by molar-refractivity contribution is -0.144. The molecule has 94 valence electrons. The third kappa shape index (κ3) is 2.34. The molecule has 1 aliphatic carbocycles. The second-order valence-corrected chi connectivity index (χ2v) is 4.89. The summed E-state index contributed by atoms with van der Waals surface area (Å²) in [5, 5.41) is 19.2. The van der Waals surface area contributed by atoms with Crippen LogP contribution < -0.4 is 0 Å². The molecule has 2 N–H and O–H groups in total. The number of aliphatic carboxylic acids is 1. The summed E-state index contributed by atoms with van der Waals surface area (Å²) < 4.78 is 1.97. The molecule has 17 heavy (non-hydrogen) atoms. The molecule has 1 aliphatic rings. The highest BCUT2D eigenvalue weighted by Crippen LogP contribution is 2.38. The molecular weight excluding hydrogens is 220 g/mol. The van der Waals surface area contributed by atoms with E-state index in [2.05, 4.69) is 4.98 Å². The zero-order chi connectivity index (χ0) is 12.6. The molecule has 0 amide bonds. The first-order chi connectivity index (χ1) is 8.02. The van der Waals surface area contributed by atoms with Gasteiger partial charge in [-0.15, -0.1) is 0 Å². The molecule has 0 radical (unpaired) electrons. The van der Waals surface area contributed by atoms with Crippen molar-refractivity contribution in [2.45, 2.75) is 38.8 Å². The van der Waals surface area contributed by atoms with E-state index in [1.54, 1.807) is 26.4 Å². The highest BCUT2D eigenvalue weighted by atomic mass is 16.4. The second-order valence-electron chi connectivity index (χ2n) is 4.89. The smallest absolute Gasteiger partial charge is 0.306 e. The van der Waals surface area contributed by atoms with Gasteiger partial charge in [0.2, 0.25) is 0 Å². The Bertz CT molecular complexity index is 412. The van der Waals surface area contributed by atoms with Crippen molar-refractivity contribution in [2.24, 2.45) is 11.8 Å². The van der Waals surface area contributed by atoms with Crippen molar-refractivity contribution < 1.29 is 15.0 Å². The molecule has 5 nitrogen and oxygen atoms in total. The third-order valence-corrected chi connectivity index (χ3v) is 3.62. The number of rotatable bonds is 5. The minimum absolute atomic E-state index is 0.332. The standard InChI is InChI=1S/C12H18N2O3/c1-7(8(2)12(16)17)11(15)10-5-13-6-14(10)9-3-4-9/h5-9,11,15H,3-4H2,1-2H3,(H,16,17). The molecular formula is C12H18N2O3. The van der Waals surface area contributed by atoms with Gasteiger partial charge in [-0.3, -0.25) is 4.79 Å². The summed E-state index contributed by atoms with van der Waals surface area (Å²) in [7, 11) is 0. The van der Waals surface area contributed by atoms with Gasteiger partial charge in [-0.1, -0.05) is 13.8 Å². The number of aliphatic hydroxyl groups excluding tert-OH is 1. The molecule has 5 heteroatoms. The van der Waals surface area contributed by atoms with Gasteiger partial charge < -0.3 is 14.8 Å². The quantitative estimate of drug-likeness (QED) is 0.817. The van der Waals surface area contributed by atoms with Crippen LogP contribution in [0.1, 0.15) is 44.5 Å². The van der Waals surface area contributed by atoms with E-state index in [4.69, 9.17) is 5.11 Å². The van der Waals surface area contributed by atoms with Gasteiger partial charge in [0, 0.05) is 12.0 Å². The lowest BCUT2D eigenvalue weighted by atomic mass is 9.89. The van der Waals surface area contributed by atoms with Crippen LogP contribution in [0.25, 0.3) is 0 Å². The van der Waals surface area contributed by atoms with Crippen LogP contribution in [0.15, 0.2) is 12.5 Å². The molecule has 0 bridgehead atoms. The van der Waals surface area contributed by atoms with E-state index in [1.807, 2.05) is 4.57 Å². The molecule has 1 heterocycles. The third-order valence-electron chi connectivity index (χ3n) is 3.62. The Morgan fingerprint density at radius 2 is 2.18 bits per heavy atom. The Kier molecular flexibility index (Phi) is 3.19. The fraction of sp³-hybridized carbons (Fsp3) is 0.667. The van der Waals surface area contributed by atoms with E-state index in [-0.39, 0.29) is 5.92 Å². The topological polar surface area (TPSA) is 75.3 Å². The van der Waals surface area contributed by atoms with E-state index in [9.17, 15) is 9.90 Å². The van der Waals surface area contributed by atoms with Crippen LogP contribution >= 0.6 is 0 Å². The predicted molar refractivity (Wildman–Crippen MR) is 61.4 cm³/mol. The maximum Gasteiger partial charge on any atom is 0.306 e. The summed E-state index contributed by atoms with van der Waals surface area (Å²) in [6, 6.07) is 0.439. The highest BCUT2D eigenvalue weighted by molar-refractivity contribution is 5.69.